The highest BCUT2D eigenvalue weighted by Crippen LogP contribution is 2.46. The summed E-state index contributed by atoms with van der Waals surface area (Å²) in [5, 5.41) is 1.24. The number of nitrogens with one attached hydrogen (secondary N) is 1. The first-order valence-corrected chi connectivity index (χ1v) is 7.87. The molecule has 1 aliphatic heterocycles. The summed E-state index contributed by atoms with van der Waals surface area (Å²) in [6.07, 6.45) is 11.9. The van der Waals surface area contributed by atoms with E-state index in [4.69, 9.17) is 0 Å². The van der Waals surface area contributed by atoms with Crippen LogP contribution in [0.1, 0.15) is 44.6 Å². The Morgan fingerprint density at radius 1 is 1.20 bits per heavy atom. The van der Waals surface area contributed by atoms with E-state index in [1.54, 1.807) is 6.33 Å². The van der Waals surface area contributed by atoms with Gasteiger partial charge in [0, 0.05) is 24.7 Å². The van der Waals surface area contributed by atoms with Crippen LogP contribution in [-0.4, -0.2) is 28.0 Å². The van der Waals surface area contributed by atoms with Crippen LogP contribution in [0, 0.1) is 5.41 Å². The second-order valence-corrected chi connectivity index (χ2v) is 6.51. The molecule has 0 bridgehead atoms. The minimum atomic E-state index is 0.595. The van der Waals surface area contributed by atoms with Crippen molar-refractivity contribution >= 4 is 16.9 Å². The summed E-state index contributed by atoms with van der Waals surface area (Å²) in [5.41, 5.74) is 2.91. The molecule has 1 aliphatic carbocycles. The summed E-state index contributed by atoms with van der Waals surface area (Å²) in [7, 11) is 0. The van der Waals surface area contributed by atoms with Crippen LogP contribution in [-0.2, 0) is 6.42 Å². The van der Waals surface area contributed by atoms with E-state index < -0.39 is 0 Å². The van der Waals surface area contributed by atoms with E-state index in [0.29, 0.717) is 5.41 Å². The molecule has 1 spiro atoms. The molecule has 1 N–H and O–H groups in total. The van der Waals surface area contributed by atoms with Crippen LogP contribution in [0.5, 0.6) is 0 Å². The first-order valence-electron chi connectivity index (χ1n) is 7.87. The Kier molecular flexibility index (Phi) is 2.72. The van der Waals surface area contributed by atoms with Crippen molar-refractivity contribution in [2.45, 2.75) is 45.4 Å². The van der Waals surface area contributed by atoms with Crippen LogP contribution in [0.4, 0.5) is 5.82 Å². The third-order valence-corrected chi connectivity index (χ3v) is 5.18. The summed E-state index contributed by atoms with van der Waals surface area (Å²) in [6, 6.07) is 0. The summed E-state index contributed by atoms with van der Waals surface area (Å²) in [6.45, 7) is 4.57. The summed E-state index contributed by atoms with van der Waals surface area (Å²) >= 11 is 0. The third-order valence-electron chi connectivity index (χ3n) is 5.18. The highest BCUT2D eigenvalue weighted by molar-refractivity contribution is 5.91. The van der Waals surface area contributed by atoms with Crippen LogP contribution in [0.3, 0.4) is 0 Å². The fourth-order valence-electron chi connectivity index (χ4n) is 4.06. The normalized spacial score (nSPS) is 21.4. The van der Waals surface area contributed by atoms with Crippen molar-refractivity contribution in [1.82, 2.24) is 15.0 Å². The molecule has 0 unspecified atom stereocenters. The number of aryl methyl sites for hydroxylation is 1. The van der Waals surface area contributed by atoms with Crippen LogP contribution < -0.4 is 4.90 Å². The number of hydrogen-bond donors (Lipinski definition) is 1. The fraction of sp³-hybridized carbons (Fsp3) is 0.625. The lowest BCUT2D eigenvalue weighted by molar-refractivity contribution is 0.139. The van der Waals surface area contributed by atoms with Gasteiger partial charge in [-0.05, 0) is 24.8 Å². The molecule has 4 heteroatoms. The van der Waals surface area contributed by atoms with E-state index >= 15 is 0 Å². The van der Waals surface area contributed by atoms with Crippen LogP contribution >= 0.6 is 0 Å². The SMILES string of the molecule is CCc1c[nH]c2ncnc(N3CC4(CCCCC4)C3)c12. The monoisotopic (exact) mass is 270 g/mol. The van der Waals surface area contributed by atoms with Gasteiger partial charge < -0.3 is 9.88 Å². The van der Waals surface area contributed by atoms with E-state index in [-0.39, 0.29) is 0 Å². The number of hydrogen-bond acceptors (Lipinski definition) is 3. The molecule has 0 aromatic carbocycles. The van der Waals surface area contributed by atoms with Crippen molar-refractivity contribution in [2.24, 2.45) is 5.41 Å². The maximum atomic E-state index is 4.58. The largest absolute Gasteiger partial charge is 0.355 e. The van der Waals surface area contributed by atoms with Gasteiger partial charge >= 0.3 is 0 Å². The number of fused-ring (bicyclic) bond motifs is 1. The van der Waals surface area contributed by atoms with Crippen LogP contribution in [0.2, 0.25) is 0 Å². The molecule has 0 radical (unpaired) electrons. The second-order valence-electron chi connectivity index (χ2n) is 6.51. The topological polar surface area (TPSA) is 44.8 Å². The number of anilines is 1. The van der Waals surface area contributed by atoms with E-state index in [1.807, 2.05) is 0 Å². The molecule has 1 saturated carbocycles. The molecule has 4 rings (SSSR count). The van der Waals surface area contributed by atoms with Crippen molar-refractivity contribution in [3.05, 3.63) is 18.1 Å². The minimum Gasteiger partial charge on any atom is -0.355 e. The number of nitrogens with zero attached hydrogens (tertiary/aromatic N) is 3. The van der Waals surface area contributed by atoms with Gasteiger partial charge in [-0.15, -0.1) is 0 Å². The number of aromatic nitrogens is 3. The van der Waals surface area contributed by atoms with Crippen LogP contribution in [0.25, 0.3) is 11.0 Å². The molecular weight excluding hydrogens is 248 g/mol. The number of H-pyrrole nitrogens is 1. The van der Waals surface area contributed by atoms with Gasteiger partial charge in [0.1, 0.15) is 17.8 Å². The molecule has 0 atom stereocenters. The van der Waals surface area contributed by atoms with Gasteiger partial charge in [0.05, 0.1) is 5.39 Å². The molecule has 3 heterocycles. The number of aromatic amines is 1. The molecule has 0 amide bonds. The third kappa shape index (κ3) is 1.74. The van der Waals surface area contributed by atoms with Crippen molar-refractivity contribution in [3.63, 3.8) is 0 Å². The van der Waals surface area contributed by atoms with Gasteiger partial charge in [-0.3, -0.25) is 0 Å². The first-order chi connectivity index (χ1) is 9.81. The van der Waals surface area contributed by atoms with Crippen molar-refractivity contribution < 1.29 is 0 Å². The Hall–Kier alpha value is -1.58. The molecule has 4 nitrogen and oxygen atoms in total. The molecule has 2 fully saturated rings. The molecule has 1 saturated heterocycles. The Labute approximate surface area is 119 Å². The molecule has 2 aliphatic rings. The lowest BCUT2D eigenvalue weighted by atomic mass is 9.68. The quantitative estimate of drug-likeness (QED) is 0.910. The van der Waals surface area contributed by atoms with Crippen molar-refractivity contribution in [1.29, 1.82) is 0 Å². The predicted octanol–water partition coefficient (Wildman–Crippen LogP) is 3.29. The Morgan fingerprint density at radius 3 is 2.75 bits per heavy atom. The summed E-state index contributed by atoms with van der Waals surface area (Å²) in [5.74, 6) is 1.14. The molecule has 2 aromatic rings. The lowest BCUT2D eigenvalue weighted by Gasteiger charge is -2.53. The molecule has 20 heavy (non-hydrogen) atoms. The van der Waals surface area contributed by atoms with Gasteiger partial charge in [-0.1, -0.05) is 26.2 Å². The van der Waals surface area contributed by atoms with Crippen molar-refractivity contribution in [2.75, 3.05) is 18.0 Å². The zero-order chi connectivity index (χ0) is 13.6. The highest BCUT2D eigenvalue weighted by Gasteiger charge is 2.44. The molecule has 106 valence electrons. The first kappa shape index (κ1) is 12.2. The highest BCUT2D eigenvalue weighted by atomic mass is 15.3. The summed E-state index contributed by atoms with van der Waals surface area (Å²) in [4.78, 5) is 14.7. The molecule has 2 aromatic heterocycles. The maximum absolute atomic E-state index is 4.58. The van der Waals surface area contributed by atoms with E-state index in [9.17, 15) is 0 Å². The van der Waals surface area contributed by atoms with E-state index in [1.165, 1.54) is 56.1 Å². The van der Waals surface area contributed by atoms with Crippen molar-refractivity contribution in [3.8, 4) is 0 Å². The van der Waals surface area contributed by atoms with E-state index in [0.717, 1.165) is 17.9 Å². The number of rotatable bonds is 2. The smallest absolute Gasteiger partial charge is 0.143 e. The average Bonchev–Trinajstić information content (AvgIpc) is 2.88. The zero-order valence-electron chi connectivity index (χ0n) is 12.2. The minimum absolute atomic E-state index is 0.595. The Balaban J connectivity index is 1.65. The molecular formula is C16H22N4. The average molecular weight is 270 g/mol. The van der Waals surface area contributed by atoms with Crippen LogP contribution in [0.15, 0.2) is 12.5 Å². The maximum Gasteiger partial charge on any atom is 0.143 e. The van der Waals surface area contributed by atoms with Gasteiger partial charge in [0.15, 0.2) is 0 Å². The standard InChI is InChI=1S/C16H22N4/c1-2-12-8-17-14-13(12)15(19-11-18-14)20-9-16(10-20)6-4-3-5-7-16/h8,11H,2-7,9-10H2,1H3,(H,17,18,19). The Bertz CT molecular complexity index is 616. The fourth-order valence-corrected chi connectivity index (χ4v) is 4.06. The van der Waals surface area contributed by atoms with E-state index in [2.05, 4.69) is 33.0 Å². The Morgan fingerprint density at radius 2 is 2.00 bits per heavy atom. The van der Waals surface area contributed by atoms with Gasteiger partial charge in [0.25, 0.3) is 0 Å². The zero-order valence-corrected chi connectivity index (χ0v) is 12.2. The lowest BCUT2D eigenvalue weighted by Crippen LogP contribution is -2.57. The van der Waals surface area contributed by atoms with Gasteiger partial charge in [0.2, 0.25) is 0 Å². The van der Waals surface area contributed by atoms with Gasteiger partial charge in [-0.25, -0.2) is 9.97 Å². The predicted molar refractivity (Wildman–Crippen MR) is 81.0 cm³/mol. The summed E-state index contributed by atoms with van der Waals surface area (Å²) < 4.78 is 0. The van der Waals surface area contributed by atoms with Gasteiger partial charge in [-0.2, -0.15) is 0 Å². The second kappa shape index (κ2) is 4.47.